The number of carbonyl (C=O) groups is 2. The Morgan fingerprint density at radius 1 is 1.11 bits per heavy atom. The fourth-order valence-electron chi connectivity index (χ4n) is 2.79. The molecule has 146 valence electrons. The number of ether oxygens (including phenoxy) is 2. The molecule has 3 rings (SSSR count). The van der Waals surface area contributed by atoms with E-state index in [1.165, 1.54) is 29.8 Å². The molecule has 0 saturated heterocycles. The van der Waals surface area contributed by atoms with Crippen molar-refractivity contribution in [1.29, 1.82) is 0 Å². The summed E-state index contributed by atoms with van der Waals surface area (Å²) in [7, 11) is 1.32. The smallest absolute Gasteiger partial charge is 0.340 e. The second-order valence-corrected chi connectivity index (χ2v) is 8.54. The SMILES string of the molecule is COC(=O)c1cc(C)sc1NC(=O)c1cc(COc2c(C)cccc2C)cs1. The van der Waals surface area contributed by atoms with Gasteiger partial charge in [-0.25, -0.2) is 4.79 Å². The van der Waals surface area contributed by atoms with Crippen molar-refractivity contribution in [3.05, 3.63) is 67.7 Å². The van der Waals surface area contributed by atoms with Crippen molar-refractivity contribution >= 4 is 39.6 Å². The number of anilines is 1. The van der Waals surface area contributed by atoms with Gasteiger partial charge in [0.1, 0.15) is 17.4 Å². The van der Waals surface area contributed by atoms with E-state index in [-0.39, 0.29) is 5.91 Å². The van der Waals surface area contributed by atoms with Crippen LogP contribution in [0.3, 0.4) is 0 Å². The maximum atomic E-state index is 12.6. The molecule has 0 bridgehead atoms. The molecule has 0 aliphatic rings. The Kier molecular flexibility index (Phi) is 6.16. The molecule has 0 fully saturated rings. The van der Waals surface area contributed by atoms with Gasteiger partial charge >= 0.3 is 5.97 Å². The highest BCUT2D eigenvalue weighted by molar-refractivity contribution is 7.17. The highest BCUT2D eigenvalue weighted by atomic mass is 32.1. The molecule has 0 unspecified atom stereocenters. The Labute approximate surface area is 171 Å². The Morgan fingerprint density at radius 2 is 1.82 bits per heavy atom. The van der Waals surface area contributed by atoms with E-state index in [1.807, 2.05) is 50.4 Å². The first-order valence-corrected chi connectivity index (χ1v) is 10.3. The minimum Gasteiger partial charge on any atom is -0.488 e. The van der Waals surface area contributed by atoms with Crippen LogP contribution in [0.25, 0.3) is 0 Å². The summed E-state index contributed by atoms with van der Waals surface area (Å²) in [6.07, 6.45) is 0. The van der Waals surface area contributed by atoms with Gasteiger partial charge in [-0.3, -0.25) is 4.79 Å². The van der Waals surface area contributed by atoms with Gasteiger partial charge in [0.25, 0.3) is 5.91 Å². The lowest BCUT2D eigenvalue weighted by atomic mass is 10.1. The monoisotopic (exact) mass is 415 g/mol. The number of carbonyl (C=O) groups excluding carboxylic acids is 2. The minimum absolute atomic E-state index is 0.254. The van der Waals surface area contributed by atoms with E-state index in [0.29, 0.717) is 22.0 Å². The molecular weight excluding hydrogens is 394 g/mol. The third-order valence-corrected chi connectivity index (χ3v) is 6.10. The number of thiophene rings is 2. The topological polar surface area (TPSA) is 64.6 Å². The summed E-state index contributed by atoms with van der Waals surface area (Å²) in [6.45, 7) is 6.29. The normalized spacial score (nSPS) is 10.6. The number of rotatable bonds is 6. The molecule has 7 heteroatoms. The van der Waals surface area contributed by atoms with Gasteiger partial charge in [0.05, 0.1) is 17.6 Å². The van der Waals surface area contributed by atoms with E-state index in [2.05, 4.69) is 5.32 Å². The van der Waals surface area contributed by atoms with Crippen molar-refractivity contribution in [3.8, 4) is 5.75 Å². The Morgan fingerprint density at radius 3 is 2.50 bits per heavy atom. The largest absolute Gasteiger partial charge is 0.488 e. The van der Waals surface area contributed by atoms with Crippen molar-refractivity contribution in [2.75, 3.05) is 12.4 Å². The number of aryl methyl sites for hydroxylation is 3. The third-order valence-electron chi connectivity index (χ3n) is 4.16. The number of hydrogen-bond donors (Lipinski definition) is 1. The summed E-state index contributed by atoms with van der Waals surface area (Å²) >= 11 is 2.69. The van der Waals surface area contributed by atoms with E-state index < -0.39 is 5.97 Å². The van der Waals surface area contributed by atoms with Crippen molar-refractivity contribution < 1.29 is 19.1 Å². The molecule has 28 heavy (non-hydrogen) atoms. The molecule has 0 saturated carbocycles. The van der Waals surface area contributed by atoms with Crippen molar-refractivity contribution in [1.82, 2.24) is 0 Å². The van der Waals surface area contributed by atoms with Gasteiger partial charge in [-0.05, 0) is 49.4 Å². The maximum Gasteiger partial charge on any atom is 0.340 e. The maximum absolute atomic E-state index is 12.6. The lowest BCUT2D eigenvalue weighted by Gasteiger charge is -2.10. The molecule has 3 aromatic rings. The summed E-state index contributed by atoms with van der Waals surface area (Å²) in [4.78, 5) is 25.9. The van der Waals surface area contributed by atoms with E-state index in [4.69, 9.17) is 9.47 Å². The van der Waals surface area contributed by atoms with Crippen LogP contribution in [0.4, 0.5) is 5.00 Å². The average molecular weight is 416 g/mol. The number of para-hydroxylation sites is 1. The zero-order chi connectivity index (χ0) is 20.3. The lowest BCUT2D eigenvalue weighted by Crippen LogP contribution is -2.12. The van der Waals surface area contributed by atoms with Gasteiger partial charge < -0.3 is 14.8 Å². The number of amides is 1. The second-order valence-electron chi connectivity index (χ2n) is 6.37. The molecule has 0 aliphatic carbocycles. The van der Waals surface area contributed by atoms with Crippen LogP contribution in [-0.2, 0) is 11.3 Å². The third kappa shape index (κ3) is 4.43. The van der Waals surface area contributed by atoms with Gasteiger partial charge in [-0.2, -0.15) is 0 Å². The standard InChI is InChI=1S/C21H21NO4S2/c1-12-6-5-7-13(2)18(12)26-10-15-9-17(27-11-15)19(23)22-20-16(21(24)25-4)8-14(3)28-20/h5-9,11H,10H2,1-4H3,(H,22,23). The number of nitrogens with one attached hydrogen (secondary N) is 1. The molecule has 0 radical (unpaired) electrons. The van der Waals surface area contributed by atoms with E-state index in [9.17, 15) is 9.59 Å². The van der Waals surface area contributed by atoms with E-state index >= 15 is 0 Å². The Hall–Kier alpha value is -2.64. The van der Waals surface area contributed by atoms with Gasteiger partial charge in [0.15, 0.2) is 0 Å². The van der Waals surface area contributed by atoms with Gasteiger partial charge in [-0.1, -0.05) is 18.2 Å². The van der Waals surface area contributed by atoms with E-state index in [0.717, 1.165) is 27.3 Å². The van der Waals surface area contributed by atoms with Crippen LogP contribution in [0.1, 0.15) is 41.6 Å². The zero-order valence-electron chi connectivity index (χ0n) is 16.1. The summed E-state index contributed by atoms with van der Waals surface area (Å²) in [5, 5.41) is 5.22. The molecule has 5 nitrogen and oxygen atoms in total. The fourth-order valence-corrected chi connectivity index (χ4v) is 4.47. The van der Waals surface area contributed by atoms with Crippen LogP contribution in [0.5, 0.6) is 5.75 Å². The Balaban J connectivity index is 1.69. The van der Waals surface area contributed by atoms with Crippen LogP contribution in [0, 0.1) is 20.8 Å². The van der Waals surface area contributed by atoms with Crippen molar-refractivity contribution in [2.45, 2.75) is 27.4 Å². The van der Waals surface area contributed by atoms with Gasteiger partial charge in [0.2, 0.25) is 0 Å². The van der Waals surface area contributed by atoms with E-state index in [1.54, 1.807) is 6.07 Å². The van der Waals surface area contributed by atoms with Crippen molar-refractivity contribution in [2.24, 2.45) is 0 Å². The number of esters is 1. The first-order valence-electron chi connectivity index (χ1n) is 8.65. The molecule has 1 N–H and O–H groups in total. The molecule has 0 atom stereocenters. The molecule has 1 aromatic carbocycles. The molecule has 1 amide bonds. The first kappa shape index (κ1) is 20.1. The molecule has 2 aromatic heterocycles. The number of methoxy groups -OCH3 is 1. The fraction of sp³-hybridized carbons (Fsp3) is 0.238. The van der Waals surface area contributed by atoms with Crippen molar-refractivity contribution in [3.63, 3.8) is 0 Å². The quantitative estimate of drug-likeness (QED) is 0.551. The van der Waals surface area contributed by atoms with Crippen LogP contribution in [0.15, 0.2) is 35.7 Å². The average Bonchev–Trinajstić information content (AvgIpc) is 3.27. The molecule has 0 aliphatic heterocycles. The summed E-state index contributed by atoms with van der Waals surface area (Å²) in [5.41, 5.74) is 3.45. The number of hydrogen-bond acceptors (Lipinski definition) is 6. The van der Waals surface area contributed by atoms with Crippen LogP contribution < -0.4 is 10.1 Å². The lowest BCUT2D eigenvalue weighted by molar-refractivity contribution is 0.0602. The summed E-state index contributed by atoms with van der Waals surface area (Å²) in [5.74, 6) is 0.153. The first-order chi connectivity index (χ1) is 13.4. The molecule has 2 heterocycles. The highest BCUT2D eigenvalue weighted by Crippen LogP contribution is 2.30. The van der Waals surface area contributed by atoms with Crippen LogP contribution >= 0.6 is 22.7 Å². The highest BCUT2D eigenvalue weighted by Gasteiger charge is 2.19. The minimum atomic E-state index is -0.464. The number of benzene rings is 1. The second kappa shape index (κ2) is 8.58. The zero-order valence-corrected chi connectivity index (χ0v) is 17.8. The predicted octanol–water partition coefficient (Wildman–Crippen LogP) is 5.35. The summed E-state index contributed by atoms with van der Waals surface area (Å²) < 4.78 is 10.7. The molecule has 0 spiro atoms. The molecular formula is C21H21NO4S2. The van der Waals surface area contributed by atoms with Gasteiger partial charge in [-0.15, -0.1) is 22.7 Å². The van der Waals surface area contributed by atoms with Crippen LogP contribution in [0.2, 0.25) is 0 Å². The Bertz CT molecular complexity index is 999. The van der Waals surface area contributed by atoms with Crippen LogP contribution in [-0.4, -0.2) is 19.0 Å². The predicted molar refractivity (Wildman–Crippen MR) is 113 cm³/mol. The van der Waals surface area contributed by atoms with Gasteiger partial charge in [0, 0.05) is 10.4 Å². The summed E-state index contributed by atoms with van der Waals surface area (Å²) in [6, 6.07) is 9.54.